The summed E-state index contributed by atoms with van der Waals surface area (Å²) in [5.41, 5.74) is 0.520. The largest absolute Gasteiger partial charge is 0.396 e. The monoisotopic (exact) mass is 362 g/mol. The maximum Gasteiger partial charge on any atom is 0.275 e. The van der Waals surface area contributed by atoms with Gasteiger partial charge in [0.1, 0.15) is 6.10 Å². The van der Waals surface area contributed by atoms with Crippen molar-refractivity contribution < 1.29 is 40.9 Å². The summed E-state index contributed by atoms with van der Waals surface area (Å²) in [5, 5.41) is 74.4. The number of nitrogens with zero attached hydrogens (tertiary/aromatic N) is 2. The quantitative estimate of drug-likeness (QED) is 0.198. The molecule has 0 aliphatic carbocycles. The molecule has 0 aliphatic rings. The Morgan fingerprint density at radius 3 is 2.12 bits per heavy atom. The Hall–Kier alpha value is -1.24. The zero-order chi connectivity index (χ0) is 19.1. The predicted octanol–water partition coefficient (Wildman–Crippen LogP) is -2.33. The second-order valence-corrected chi connectivity index (χ2v) is 6.09. The number of aliphatic hydroxyl groups is 8. The number of aryl methyl sites for hydroxylation is 1. The Bertz CT molecular complexity index is 503. The maximum absolute atomic E-state index is 10.0. The molecule has 1 aromatic heterocycles. The van der Waals surface area contributed by atoms with Crippen molar-refractivity contribution in [3.05, 3.63) is 23.8 Å². The number of hydrogen-bond acceptors (Lipinski definition) is 10. The highest BCUT2D eigenvalue weighted by molar-refractivity contribution is 5.07. The summed E-state index contributed by atoms with van der Waals surface area (Å²) in [6, 6.07) is 0. The van der Waals surface area contributed by atoms with E-state index in [2.05, 4.69) is 9.97 Å². The maximum atomic E-state index is 10.0. The van der Waals surface area contributed by atoms with Crippen LogP contribution in [0.2, 0.25) is 0 Å². The molecular formula is C15H26N2O8. The van der Waals surface area contributed by atoms with Gasteiger partial charge in [0.2, 0.25) is 0 Å². The first-order valence-corrected chi connectivity index (χ1v) is 7.94. The molecule has 1 aromatic rings. The highest BCUT2D eigenvalue weighted by Gasteiger charge is 2.31. The fraction of sp³-hybridized carbons (Fsp3) is 0.733. The summed E-state index contributed by atoms with van der Waals surface area (Å²) in [6.07, 6.45) is -0.668. The molecule has 10 nitrogen and oxygen atoms in total. The van der Waals surface area contributed by atoms with Crippen LogP contribution in [-0.4, -0.2) is 75.3 Å². The van der Waals surface area contributed by atoms with Crippen molar-refractivity contribution in [2.24, 2.45) is 0 Å². The topological polar surface area (TPSA) is 188 Å². The molecule has 1 rings (SSSR count). The normalized spacial score (nSPS) is 15.2. The lowest BCUT2D eigenvalue weighted by Gasteiger charge is -2.26. The zero-order valence-electron chi connectivity index (χ0n) is 13.7. The average Bonchev–Trinajstić information content (AvgIpc) is 2.51. The third-order valence-electron chi connectivity index (χ3n) is 3.61. The van der Waals surface area contributed by atoms with Crippen LogP contribution in [0.3, 0.4) is 0 Å². The van der Waals surface area contributed by atoms with Gasteiger partial charge in [-0.25, -0.2) is 0 Å². The molecule has 0 bridgehead atoms. The molecule has 0 fully saturated rings. The summed E-state index contributed by atoms with van der Waals surface area (Å²) < 4.78 is 0. The molecule has 1 heterocycles. The van der Waals surface area contributed by atoms with E-state index in [-0.39, 0.29) is 38.0 Å². The molecule has 0 amide bonds. The molecule has 144 valence electrons. The van der Waals surface area contributed by atoms with Gasteiger partial charge in [0, 0.05) is 32.1 Å². The number of aliphatic hydroxyl groups excluding tert-OH is 3. The molecule has 2 unspecified atom stereocenters. The van der Waals surface area contributed by atoms with Gasteiger partial charge in [-0.15, -0.1) is 0 Å². The molecule has 25 heavy (non-hydrogen) atoms. The Morgan fingerprint density at radius 1 is 0.920 bits per heavy atom. The third kappa shape index (κ3) is 8.61. The SMILES string of the molecule is OCCCC(O)(O)CC(O)C(O)c1cnc(CCCC(O)(O)O)cn1. The van der Waals surface area contributed by atoms with Crippen molar-refractivity contribution in [1.82, 2.24) is 9.97 Å². The molecular weight excluding hydrogens is 336 g/mol. The molecule has 0 saturated carbocycles. The van der Waals surface area contributed by atoms with E-state index in [9.17, 15) is 20.4 Å². The summed E-state index contributed by atoms with van der Waals surface area (Å²) in [7, 11) is 0. The Kier molecular flexibility index (Phi) is 8.25. The number of rotatable bonds is 11. The molecule has 0 aliphatic heterocycles. The van der Waals surface area contributed by atoms with Gasteiger partial charge in [0.05, 0.1) is 23.7 Å². The Morgan fingerprint density at radius 2 is 1.60 bits per heavy atom. The van der Waals surface area contributed by atoms with Crippen LogP contribution >= 0.6 is 0 Å². The second-order valence-electron chi connectivity index (χ2n) is 6.09. The van der Waals surface area contributed by atoms with E-state index in [0.717, 1.165) is 0 Å². The molecule has 8 N–H and O–H groups in total. The van der Waals surface area contributed by atoms with Crippen LogP contribution in [0.4, 0.5) is 0 Å². The minimum Gasteiger partial charge on any atom is -0.396 e. The van der Waals surface area contributed by atoms with Gasteiger partial charge in [-0.1, -0.05) is 0 Å². The number of hydrogen-bond donors (Lipinski definition) is 8. The molecule has 0 radical (unpaired) electrons. The lowest BCUT2D eigenvalue weighted by molar-refractivity contribution is -0.314. The van der Waals surface area contributed by atoms with Gasteiger partial charge in [0.15, 0.2) is 5.79 Å². The summed E-state index contributed by atoms with van der Waals surface area (Å²) >= 11 is 0. The first-order chi connectivity index (χ1) is 11.5. The summed E-state index contributed by atoms with van der Waals surface area (Å²) in [5.74, 6) is -4.95. The molecule has 0 aromatic carbocycles. The predicted molar refractivity (Wildman–Crippen MR) is 83.4 cm³/mol. The van der Waals surface area contributed by atoms with Gasteiger partial charge in [0.25, 0.3) is 5.97 Å². The van der Waals surface area contributed by atoms with E-state index in [1.165, 1.54) is 12.4 Å². The van der Waals surface area contributed by atoms with E-state index >= 15 is 0 Å². The molecule has 10 heteroatoms. The van der Waals surface area contributed by atoms with E-state index in [0.29, 0.717) is 12.1 Å². The van der Waals surface area contributed by atoms with Crippen molar-refractivity contribution in [3.63, 3.8) is 0 Å². The fourth-order valence-corrected chi connectivity index (χ4v) is 2.26. The van der Waals surface area contributed by atoms with E-state index in [1.54, 1.807) is 0 Å². The van der Waals surface area contributed by atoms with Crippen molar-refractivity contribution in [2.75, 3.05) is 6.61 Å². The lowest BCUT2D eigenvalue weighted by Crippen LogP contribution is -2.36. The van der Waals surface area contributed by atoms with Crippen LogP contribution in [0.25, 0.3) is 0 Å². The van der Waals surface area contributed by atoms with Crippen molar-refractivity contribution >= 4 is 0 Å². The minimum absolute atomic E-state index is 0.0371. The van der Waals surface area contributed by atoms with Crippen LogP contribution in [-0.2, 0) is 6.42 Å². The van der Waals surface area contributed by atoms with Gasteiger partial charge < -0.3 is 40.9 Å². The van der Waals surface area contributed by atoms with Gasteiger partial charge in [-0.3, -0.25) is 9.97 Å². The zero-order valence-corrected chi connectivity index (χ0v) is 13.7. The van der Waals surface area contributed by atoms with E-state index in [4.69, 9.17) is 20.4 Å². The van der Waals surface area contributed by atoms with Crippen LogP contribution in [0, 0.1) is 0 Å². The van der Waals surface area contributed by atoms with Crippen molar-refractivity contribution in [1.29, 1.82) is 0 Å². The molecule has 0 spiro atoms. The van der Waals surface area contributed by atoms with Crippen LogP contribution in [0.1, 0.15) is 49.6 Å². The Balaban J connectivity index is 2.56. The van der Waals surface area contributed by atoms with Gasteiger partial charge in [-0.05, 0) is 19.3 Å². The van der Waals surface area contributed by atoms with Crippen molar-refractivity contribution in [2.45, 2.75) is 62.5 Å². The highest BCUT2D eigenvalue weighted by atomic mass is 16.7. The summed E-state index contributed by atoms with van der Waals surface area (Å²) in [6.45, 7) is -0.224. The van der Waals surface area contributed by atoms with Crippen molar-refractivity contribution in [3.8, 4) is 0 Å². The van der Waals surface area contributed by atoms with Gasteiger partial charge >= 0.3 is 0 Å². The highest BCUT2D eigenvalue weighted by Crippen LogP contribution is 2.23. The Labute approximate surface area is 144 Å². The lowest BCUT2D eigenvalue weighted by atomic mass is 9.98. The first-order valence-electron chi connectivity index (χ1n) is 7.94. The van der Waals surface area contributed by atoms with Gasteiger partial charge in [-0.2, -0.15) is 0 Å². The van der Waals surface area contributed by atoms with E-state index < -0.39 is 30.4 Å². The fourth-order valence-electron chi connectivity index (χ4n) is 2.26. The van der Waals surface area contributed by atoms with Crippen LogP contribution in [0.5, 0.6) is 0 Å². The summed E-state index contributed by atoms with van der Waals surface area (Å²) in [4.78, 5) is 7.95. The second kappa shape index (κ2) is 9.46. The standard InChI is InChI=1S/C15H26N2O8/c18-6-2-4-14(21,22)7-12(19)13(20)11-9-16-10(8-17-11)3-1-5-15(23,24)25/h8-9,12-13,18-25H,1-7H2. The van der Waals surface area contributed by atoms with Crippen LogP contribution < -0.4 is 0 Å². The smallest absolute Gasteiger partial charge is 0.275 e. The van der Waals surface area contributed by atoms with Crippen LogP contribution in [0.15, 0.2) is 12.4 Å². The number of aromatic nitrogens is 2. The van der Waals surface area contributed by atoms with E-state index in [1.807, 2.05) is 0 Å². The molecule has 0 saturated heterocycles. The molecule has 2 atom stereocenters. The average molecular weight is 362 g/mol. The third-order valence-corrected chi connectivity index (χ3v) is 3.61. The minimum atomic E-state index is -2.73. The first kappa shape index (κ1) is 21.8.